The molecule has 2 unspecified atom stereocenters. The number of rotatable bonds is 4. The Morgan fingerprint density at radius 3 is 2.77 bits per heavy atom. The number of carbonyl (C=O) groups excluding carboxylic acids is 2. The average molecular weight is 492 g/mol. The van der Waals surface area contributed by atoms with E-state index >= 15 is 0 Å². The third-order valence-corrected chi connectivity index (χ3v) is 7.31. The van der Waals surface area contributed by atoms with E-state index in [1.807, 2.05) is 32.9 Å². The van der Waals surface area contributed by atoms with E-state index in [0.29, 0.717) is 57.9 Å². The minimum Gasteiger partial charge on any atom is -0.466 e. The Bertz CT molecular complexity index is 1320. The molecule has 0 spiro atoms. The SMILES string of the molecule is Cc1ccc(C2C3=C(CC(C)(C)CC3=O)N=C(SCC(=O)Nc3ccc4c(c3)OCO4)C2C#N)o1. The Morgan fingerprint density at radius 1 is 1.23 bits per heavy atom. The molecule has 3 aliphatic rings. The predicted molar refractivity (Wildman–Crippen MR) is 131 cm³/mol. The molecule has 0 saturated heterocycles. The van der Waals surface area contributed by atoms with Gasteiger partial charge in [0.2, 0.25) is 12.7 Å². The van der Waals surface area contributed by atoms with E-state index in [9.17, 15) is 14.9 Å². The van der Waals surface area contributed by atoms with Crippen molar-refractivity contribution in [3.05, 3.63) is 53.1 Å². The second-order valence-corrected chi connectivity index (χ2v) is 10.7. The number of ether oxygens (including phenoxy) is 2. The van der Waals surface area contributed by atoms with Crippen LogP contribution in [0.2, 0.25) is 0 Å². The number of hydrogen-bond donors (Lipinski definition) is 1. The van der Waals surface area contributed by atoms with Gasteiger partial charge in [-0.2, -0.15) is 5.26 Å². The van der Waals surface area contributed by atoms with Gasteiger partial charge >= 0.3 is 0 Å². The van der Waals surface area contributed by atoms with Crippen molar-refractivity contribution in [3.8, 4) is 17.6 Å². The molecule has 2 aliphatic heterocycles. The highest BCUT2D eigenvalue weighted by Crippen LogP contribution is 2.49. The number of hydrogen-bond acceptors (Lipinski definition) is 8. The number of allylic oxidation sites excluding steroid dienone is 2. The van der Waals surface area contributed by atoms with Crippen molar-refractivity contribution in [1.82, 2.24) is 0 Å². The number of thioether (sulfide) groups is 1. The lowest BCUT2D eigenvalue weighted by molar-refractivity contribution is -0.118. The standard InChI is InChI=1S/C26H25N3O5S/c1-14-4-6-20(34-14)23-16(11-27)25(29-17-9-26(2,3)10-18(30)24(17)23)35-12-22(31)28-15-5-7-19-21(8-15)33-13-32-19/h4-8,16,23H,9-10,12-13H2,1-3H3,(H,28,31). The molecule has 3 heterocycles. The molecule has 1 amide bonds. The van der Waals surface area contributed by atoms with Crippen LogP contribution in [-0.4, -0.2) is 29.3 Å². The lowest BCUT2D eigenvalue weighted by atomic mass is 9.69. The molecule has 0 saturated carbocycles. The van der Waals surface area contributed by atoms with Crippen LogP contribution in [0.4, 0.5) is 5.69 Å². The molecule has 35 heavy (non-hydrogen) atoms. The Hall–Kier alpha value is -3.51. The van der Waals surface area contributed by atoms with Gasteiger partial charge in [-0.15, -0.1) is 0 Å². The molecule has 1 aromatic carbocycles. The zero-order chi connectivity index (χ0) is 24.7. The number of carbonyl (C=O) groups is 2. The monoisotopic (exact) mass is 491 g/mol. The molecule has 1 aromatic heterocycles. The van der Waals surface area contributed by atoms with Crippen LogP contribution in [0.25, 0.3) is 0 Å². The first kappa shape index (κ1) is 23.2. The highest BCUT2D eigenvalue weighted by molar-refractivity contribution is 8.14. The predicted octanol–water partition coefficient (Wildman–Crippen LogP) is 4.97. The first-order valence-corrected chi connectivity index (χ1v) is 12.4. The van der Waals surface area contributed by atoms with Gasteiger partial charge in [0.25, 0.3) is 0 Å². The maximum Gasteiger partial charge on any atom is 0.234 e. The van der Waals surface area contributed by atoms with Crippen LogP contribution in [-0.2, 0) is 9.59 Å². The normalized spacial score (nSPS) is 22.3. The van der Waals surface area contributed by atoms with Crippen molar-refractivity contribution >= 4 is 34.2 Å². The minimum atomic E-state index is -0.715. The summed E-state index contributed by atoms with van der Waals surface area (Å²) in [6, 6.07) is 11.2. The quantitative estimate of drug-likeness (QED) is 0.642. The van der Waals surface area contributed by atoms with Gasteiger partial charge in [0, 0.05) is 29.4 Å². The number of nitriles is 1. The van der Waals surface area contributed by atoms with Gasteiger partial charge < -0.3 is 19.2 Å². The van der Waals surface area contributed by atoms with Crippen molar-refractivity contribution in [3.63, 3.8) is 0 Å². The second kappa shape index (κ2) is 8.93. The molecule has 0 fully saturated rings. The fraction of sp³-hybridized carbons (Fsp3) is 0.385. The van der Waals surface area contributed by atoms with Crippen LogP contribution in [0.15, 0.2) is 51.0 Å². The van der Waals surface area contributed by atoms with Gasteiger partial charge in [-0.05, 0) is 43.0 Å². The Morgan fingerprint density at radius 2 is 2.03 bits per heavy atom. The molecule has 0 radical (unpaired) electrons. The molecule has 1 N–H and O–H groups in total. The number of fused-ring (bicyclic) bond motifs is 1. The summed E-state index contributed by atoms with van der Waals surface area (Å²) >= 11 is 1.22. The zero-order valence-corrected chi connectivity index (χ0v) is 20.5. The smallest absolute Gasteiger partial charge is 0.234 e. The molecule has 8 nitrogen and oxygen atoms in total. The summed E-state index contributed by atoms with van der Waals surface area (Å²) in [5, 5.41) is 13.5. The van der Waals surface area contributed by atoms with E-state index in [0.717, 1.165) is 0 Å². The number of amides is 1. The molecular formula is C26H25N3O5S. The van der Waals surface area contributed by atoms with E-state index in [-0.39, 0.29) is 29.7 Å². The number of furan rings is 1. The van der Waals surface area contributed by atoms with E-state index in [4.69, 9.17) is 18.9 Å². The van der Waals surface area contributed by atoms with E-state index in [2.05, 4.69) is 11.4 Å². The Kier molecular flexibility index (Phi) is 5.93. The number of aryl methyl sites for hydroxylation is 1. The van der Waals surface area contributed by atoms with Crippen LogP contribution in [0, 0.1) is 29.6 Å². The third-order valence-electron chi connectivity index (χ3n) is 6.27. The summed E-state index contributed by atoms with van der Waals surface area (Å²) in [7, 11) is 0. The van der Waals surface area contributed by atoms with Crippen molar-refractivity contribution in [1.29, 1.82) is 5.26 Å². The maximum atomic E-state index is 13.2. The number of nitrogens with one attached hydrogen (secondary N) is 1. The fourth-order valence-electron chi connectivity index (χ4n) is 4.76. The van der Waals surface area contributed by atoms with Crippen molar-refractivity contribution in [2.45, 2.75) is 39.5 Å². The second-order valence-electron chi connectivity index (χ2n) is 9.69. The van der Waals surface area contributed by atoms with Gasteiger partial charge in [-0.3, -0.25) is 9.59 Å². The summed E-state index contributed by atoms with van der Waals surface area (Å²) < 4.78 is 16.6. The summed E-state index contributed by atoms with van der Waals surface area (Å²) in [6.45, 7) is 6.07. The van der Waals surface area contributed by atoms with E-state index in [1.165, 1.54) is 11.8 Å². The Balaban J connectivity index is 1.40. The van der Waals surface area contributed by atoms with Gasteiger partial charge in [0.15, 0.2) is 17.3 Å². The summed E-state index contributed by atoms with van der Waals surface area (Å²) in [5.74, 6) is 1.08. The fourth-order valence-corrected chi connectivity index (χ4v) is 5.65. The molecule has 9 heteroatoms. The van der Waals surface area contributed by atoms with E-state index < -0.39 is 11.8 Å². The summed E-state index contributed by atoms with van der Waals surface area (Å²) in [6.07, 6.45) is 1.02. The van der Waals surface area contributed by atoms with Crippen molar-refractivity contribution in [2.75, 3.05) is 17.9 Å². The van der Waals surface area contributed by atoms with Crippen molar-refractivity contribution < 1.29 is 23.5 Å². The molecule has 2 aromatic rings. The van der Waals surface area contributed by atoms with Crippen LogP contribution >= 0.6 is 11.8 Å². The van der Waals surface area contributed by atoms with Gasteiger partial charge in [0.05, 0.1) is 22.8 Å². The first-order chi connectivity index (χ1) is 16.7. The highest BCUT2D eigenvalue weighted by Gasteiger charge is 2.45. The number of anilines is 1. The molecular weight excluding hydrogens is 466 g/mol. The van der Waals surface area contributed by atoms with Crippen LogP contribution in [0.1, 0.15) is 44.1 Å². The average Bonchev–Trinajstić information content (AvgIpc) is 3.44. The largest absolute Gasteiger partial charge is 0.466 e. The van der Waals surface area contributed by atoms with Crippen LogP contribution < -0.4 is 14.8 Å². The highest BCUT2D eigenvalue weighted by atomic mass is 32.2. The molecule has 180 valence electrons. The summed E-state index contributed by atoms with van der Waals surface area (Å²) in [5.41, 5.74) is 1.63. The topological polar surface area (TPSA) is 114 Å². The lowest BCUT2D eigenvalue weighted by Crippen LogP contribution is -2.35. The lowest BCUT2D eigenvalue weighted by Gasteiger charge is -2.37. The number of ketones is 1. The number of Topliss-reactive ketones (excluding diaryl/α,β-unsaturated/α-hetero) is 1. The van der Waals surface area contributed by atoms with Crippen LogP contribution in [0.5, 0.6) is 11.5 Å². The number of benzene rings is 1. The zero-order valence-electron chi connectivity index (χ0n) is 19.7. The number of nitrogens with zero attached hydrogens (tertiary/aromatic N) is 2. The maximum absolute atomic E-state index is 13.2. The van der Waals surface area contributed by atoms with Gasteiger partial charge in [0.1, 0.15) is 17.4 Å². The Labute approximate surface area is 207 Å². The van der Waals surface area contributed by atoms with Crippen molar-refractivity contribution in [2.24, 2.45) is 16.3 Å². The molecule has 0 bridgehead atoms. The van der Waals surface area contributed by atoms with E-state index in [1.54, 1.807) is 18.2 Å². The molecule has 1 aliphatic carbocycles. The molecule has 5 rings (SSSR count). The first-order valence-electron chi connectivity index (χ1n) is 11.4. The molecule has 2 atom stereocenters. The number of aliphatic imine (C=N–C) groups is 1. The van der Waals surface area contributed by atoms with Gasteiger partial charge in [-0.1, -0.05) is 25.6 Å². The summed E-state index contributed by atoms with van der Waals surface area (Å²) in [4.78, 5) is 30.7. The van der Waals surface area contributed by atoms with Crippen LogP contribution in [0.3, 0.4) is 0 Å². The van der Waals surface area contributed by atoms with Gasteiger partial charge in [-0.25, -0.2) is 4.99 Å². The minimum absolute atomic E-state index is 0.00362. The third kappa shape index (κ3) is 4.58.